The fourth-order valence-corrected chi connectivity index (χ4v) is 4.62. The van der Waals surface area contributed by atoms with Crippen molar-refractivity contribution in [3.8, 4) is 0 Å². The van der Waals surface area contributed by atoms with Gasteiger partial charge in [-0.3, -0.25) is 19.4 Å². The molecule has 0 bridgehead atoms. The molecular weight excluding hydrogens is 348 g/mol. The van der Waals surface area contributed by atoms with E-state index in [0.717, 1.165) is 58.8 Å². The van der Waals surface area contributed by atoms with E-state index in [1.54, 1.807) is 11.3 Å². The Bertz CT molecular complexity index is 621. The lowest BCUT2D eigenvalue weighted by Gasteiger charge is -2.36. The van der Waals surface area contributed by atoms with Gasteiger partial charge >= 0.3 is 0 Å². The van der Waals surface area contributed by atoms with Crippen molar-refractivity contribution in [1.29, 1.82) is 0 Å². The van der Waals surface area contributed by atoms with Gasteiger partial charge in [-0.15, -0.1) is 11.3 Å². The second-order valence-electron chi connectivity index (χ2n) is 7.05. The summed E-state index contributed by atoms with van der Waals surface area (Å²) >= 11 is 1.80. The van der Waals surface area contributed by atoms with Gasteiger partial charge in [0.05, 0.1) is 13.1 Å². The van der Waals surface area contributed by atoms with Gasteiger partial charge in [0.15, 0.2) is 0 Å². The molecule has 2 amide bonds. The zero-order chi connectivity index (χ0) is 18.5. The average molecular weight is 379 g/mol. The molecule has 0 aromatic carbocycles. The maximum absolute atomic E-state index is 12.6. The number of rotatable bonds is 6. The second kappa shape index (κ2) is 8.97. The van der Waals surface area contributed by atoms with Gasteiger partial charge in [0.2, 0.25) is 11.8 Å². The smallest absolute Gasteiger partial charge is 0.237 e. The van der Waals surface area contributed by atoms with Crippen molar-refractivity contribution in [2.24, 2.45) is 0 Å². The van der Waals surface area contributed by atoms with Gasteiger partial charge in [-0.05, 0) is 37.3 Å². The average Bonchev–Trinajstić information content (AvgIpc) is 3.12. The number of hydrogen-bond acceptors (Lipinski definition) is 5. The summed E-state index contributed by atoms with van der Waals surface area (Å²) in [4.78, 5) is 34.6. The highest BCUT2D eigenvalue weighted by molar-refractivity contribution is 7.10. The Hall–Kier alpha value is -1.44. The van der Waals surface area contributed by atoms with Crippen LogP contribution in [-0.4, -0.2) is 90.3 Å². The topological polar surface area (TPSA) is 47.1 Å². The Morgan fingerprint density at radius 1 is 1.04 bits per heavy atom. The maximum atomic E-state index is 12.6. The van der Waals surface area contributed by atoms with Crippen LogP contribution in [0.15, 0.2) is 11.4 Å². The SMILES string of the molecule is CCN(CC)C(=O)CN1CCN(CC(=O)N2CCc3sccc3C2)CC1. The van der Waals surface area contributed by atoms with Gasteiger partial charge in [-0.2, -0.15) is 0 Å². The van der Waals surface area contributed by atoms with Crippen molar-refractivity contribution in [2.45, 2.75) is 26.8 Å². The minimum absolute atomic E-state index is 0.208. The van der Waals surface area contributed by atoms with Crippen molar-refractivity contribution < 1.29 is 9.59 Å². The molecule has 3 heterocycles. The Kier molecular flexibility index (Phi) is 6.67. The van der Waals surface area contributed by atoms with Crippen LogP contribution in [0, 0.1) is 0 Å². The predicted octanol–water partition coefficient (Wildman–Crippen LogP) is 1.12. The summed E-state index contributed by atoms with van der Waals surface area (Å²) in [6, 6.07) is 2.14. The number of hydrogen-bond donors (Lipinski definition) is 0. The number of nitrogens with zero attached hydrogens (tertiary/aromatic N) is 4. The lowest BCUT2D eigenvalue weighted by atomic mass is 10.1. The molecule has 2 aliphatic heterocycles. The first-order valence-electron chi connectivity index (χ1n) is 9.66. The molecule has 0 atom stereocenters. The zero-order valence-electron chi connectivity index (χ0n) is 15.9. The first-order chi connectivity index (χ1) is 12.6. The van der Waals surface area contributed by atoms with Gasteiger partial charge < -0.3 is 9.80 Å². The molecule has 1 aromatic rings. The highest BCUT2D eigenvalue weighted by Gasteiger charge is 2.26. The molecule has 0 aliphatic carbocycles. The van der Waals surface area contributed by atoms with Crippen LogP contribution in [0.2, 0.25) is 0 Å². The number of fused-ring (bicyclic) bond motifs is 1. The summed E-state index contributed by atoms with van der Waals surface area (Å²) < 4.78 is 0. The summed E-state index contributed by atoms with van der Waals surface area (Å²) in [5.74, 6) is 0.439. The molecule has 7 heteroatoms. The van der Waals surface area contributed by atoms with Gasteiger partial charge in [0, 0.05) is 57.2 Å². The molecule has 1 fully saturated rings. The first kappa shape index (κ1) is 19.3. The molecule has 2 aliphatic rings. The van der Waals surface area contributed by atoms with Crippen LogP contribution in [0.1, 0.15) is 24.3 Å². The van der Waals surface area contributed by atoms with Crippen molar-refractivity contribution >= 4 is 23.2 Å². The number of likely N-dealkylation sites (N-methyl/N-ethyl adjacent to an activating group) is 1. The van der Waals surface area contributed by atoms with Crippen molar-refractivity contribution in [3.63, 3.8) is 0 Å². The van der Waals surface area contributed by atoms with Crippen LogP contribution in [0.4, 0.5) is 0 Å². The summed E-state index contributed by atoms with van der Waals surface area (Å²) in [5.41, 5.74) is 1.31. The Balaban J connectivity index is 1.41. The molecule has 0 unspecified atom stereocenters. The van der Waals surface area contributed by atoms with Crippen LogP contribution in [0.3, 0.4) is 0 Å². The van der Waals surface area contributed by atoms with E-state index in [4.69, 9.17) is 0 Å². The van der Waals surface area contributed by atoms with Gasteiger partial charge in [-0.25, -0.2) is 0 Å². The predicted molar refractivity (Wildman–Crippen MR) is 104 cm³/mol. The Morgan fingerprint density at radius 3 is 2.35 bits per heavy atom. The third kappa shape index (κ3) is 4.64. The lowest BCUT2D eigenvalue weighted by molar-refractivity contribution is -0.135. The zero-order valence-corrected chi connectivity index (χ0v) is 16.8. The van der Waals surface area contributed by atoms with Crippen LogP contribution < -0.4 is 0 Å². The number of piperazine rings is 1. The maximum Gasteiger partial charge on any atom is 0.237 e. The minimum Gasteiger partial charge on any atom is -0.342 e. The molecular formula is C19H30N4O2S. The molecule has 0 N–H and O–H groups in total. The molecule has 0 radical (unpaired) electrons. The standard InChI is InChI=1S/C19H30N4O2S/c1-3-22(4-2)18(24)14-20-8-10-21(11-9-20)15-19(25)23-7-5-17-16(13-23)6-12-26-17/h6,12H,3-5,7-11,13-15H2,1-2H3. The van der Waals surface area contributed by atoms with Gasteiger partial charge in [-0.1, -0.05) is 0 Å². The largest absolute Gasteiger partial charge is 0.342 e. The van der Waals surface area contributed by atoms with Crippen LogP contribution >= 0.6 is 11.3 Å². The molecule has 0 spiro atoms. The summed E-state index contributed by atoms with van der Waals surface area (Å²) in [6.45, 7) is 11.6. The number of thiophene rings is 1. The van der Waals surface area contributed by atoms with E-state index in [2.05, 4.69) is 21.2 Å². The highest BCUT2D eigenvalue weighted by Crippen LogP contribution is 2.24. The fraction of sp³-hybridized carbons (Fsp3) is 0.684. The fourth-order valence-electron chi connectivity index (χ4n) is 3.73. The van der Waals surface area contributed by atoms with Crippen molar-refractivity contribution in [1.82, 2.24) is 19.6 Å². The van der Waals surface area contributed by atoms with Crippen molar-refractivity contribution in [2.75, 3.05) is 58.9 Å². The molecule has 144 valence electrons. The molecule has 3 rings (SSSR count). The quantitative estimate of drug-likeness (QED) is 0.744. The van der Waals surface area contributed by atoms with E-state index in [0.29, 0.717) is 13.1 Å². The molecule has 1 aromatic heterocycles. The second-order valence-corrected chi connectivity index (χ2v) is 8.05. The third-order valence-corrected chi connectivity index (χ3v) is 6.48. The first-order valence-corrected chi connectivity index (χ1v) is 10.5. The Morgan fingerprint density at radius 2 is 1.69 bits per heavy atom. The number of amides is 2. The highest BCUT2D eigenvalue weighted by atomic mass is 32.1. The van der Waals surface area contributed by atoms with E-state index >= 15 is 0 Å². The van der Waals surface area contributed by atoms with E-state index in [9.17, 15) is 9.59 Å². The van der Waals surface area contributed by atoms with E-state index < -0.39 is 0 Å². The molecule has 6 nitrogen and oxygen atoms in total. The number of carbonyl (C=O) groups is 2. The van der Waals surface area contributed by atoms with Crippen LogP contribution in [0.25, 0.3) is 0 Å². The Labute approximate surface area is 160 Å². The minimum atomic E-state index is 0.208. The number of carbonyl (C=O) groups excluding carboxylic acids is 2. The molecule has 26 heavy (non-hydrogen) atoms. The van der Waals surface area contributed by atoms with Gasteiger partial charge in [0.1, 0.15) is 0 Å². The summed E-state index contributed by atoms with van der Waals surface area (Å²) in [5, 5.41) is 2.12. The van der Waals surface area contributed by atoms with Crippen LogP contribution in [-0.2, 0) is 22.6 Å². The van der Waals surface area contributed by atoms with Crippen LogP contribution in [0.5, 0.6) is 0 Å². The van der Waals surface area contributed by atoms with E-state index in [-0.39, 0.29) is 11.8 Å². The lowest BCUT2D eigenvalue weighted by Crippen LogP contribution is -2.52. The third-order valence-electron chi connectivity index (χ3n) is 5.46. The molecule has 0 saturated carbocycles. The molecule has 1 saturated heterocycles. The van der Waals surface area contributed by atoms with E-state index in [1.165, 1.54) is 10.4 Å². The summed E-state index contributed by atoms with van der Waals surface area (Å²) in [6.07, 6.45) is 0.986. The summed E-state index contributed by atoms with van der Waals surface area (Å²) in [7, 11) is 0. The normalized spacial score (nSPS) is 18.6. The monoisotopic (exact) mass is 378 g/mol. The van der Waals surface area contributed by atoms with Gasteiger partial charge in [0.25, 0.3) is 0 Å². The van der Waals surface area contributed by atoms with E-state index in [1.807, 2.05) is 23.6 Å². The van der Waals surface area contributed by atoms with Crippen molar-refractivity contribution in [3.05, 3.63) is 21.9 Å².